The van der Waals surface area contributed by atoms with Gasteiger partial charge in [-0.25, -0.2) is 0 Å². The van der Waals surface area contributed by atoms with Crippen molar-refractivity contribution in [3.05, 3.63) is 156 Å². The van der Waals surface area contributed by atoms with Crippen LogP contribution >= 0.6 is 0 Å². The Morgan fingerprint density at radius 3 is 0.639 bits per heavy atom. The van der Waals surface area contributed by atoms with Gasteiger partial charge in [0.15, 0.2) is 0 Å². The summed E-state index contributed by atoms with van der Waals surface area (Å²) in [6, 6.07) is 42.2. The van der Waals surface area contributed by atoms with E-state index in [1.54, 1.807) is 0 Å². The first kappa shape index (κ1) is 32.4. The molecule has 36 heavy (non-hydrogen) atoms. The number of allylic oxidation sites excluding steroid dienone is 2. The Labute approximate surface area is 222 Å². The minimum absolute atomic E-state index is 1.21. The molecular weight excluding hydrogens is 432 g/mol. The Kier molecular flexibility index (Phi) is 19.7. The zero-order valence-corrected chi connectivity index (χ0v) is 23.7. The lowest BCUT2D eigenvalue weighted by atomic mass is 9.94. The molecule has 0 atom stereocenters. The van der Waals surface area contributed by atoms with Crippen LogP contribution < -0.4 is 0 Å². The smallest absolute Gasteiger partial charge is 0.0111 e. The number of benzene rings is 4. The minimum atomic E-state index is 1.21. The normalized spacial score (nSPS) is 8.56. The second-order valence-corrected chi connectivity index (χ2v) is 6.62. The molecule has 0 heterocycles. The van der Waals surface area contributed by atoms with E-state index in [-0.39, 0.29) is 0 Å². The van der Waals surface area contributed by atoms with Gasteiger partial charge in [-0.3, -0.25) is 0 Å². The monoisotopic (exact) mass is 478 g/mol. The van der Waals surface area contributed by atoms with E-state index in [9.17, 15) is 0 Å². The molecule has 4 aromatic carbocycles. The van der Waals surface area contributed by atoms with E-state index in [0.717, 1.165) is 0 Å². The van der Waals surface area contributed by atoms with Gasteiger partial charge in [-0.2, -0.15) is 0 Å². The topological polar surface area (TPSA) is 0 Å². The van der Waals surface area contributed by atoms with Gasteiger partial charge in [0.1, 0.15) is 0 Å². The van der Waals surface area contributed by atoms with Crippen molar-refractivity contribution in [2.24, 2.45) is 0 Å². The SMILES string of the molecule is C(C=C(c1ccccc1)c1ccccc1)=C(c1ccccc1)c1ccccc1.CC.CC.CC.CC. The Morgan fingerprint density at radius 2 is 0.472 bits per heavy atom. The molecule has 0 aromatic heterocycles. The molecule has 0 bridgehead atoms. The van der Waals surface area contributed by atoms with Gasteiger partial charge in [0.25, 0.3) is 0 Å². The summed E-state index contributed by atoms with van der Waals surface area (Å²) < 4.78 is 0. The van der Waals surface area contributed by atoms with Crippen molar-refractivity contribution in [1.82, 2.24) is 0 Å². The maximum Gasteiger partial charge on any atom is -0.0111 e. The highest BCUT2D eigenvalue weighted by atomic mass is 14.1. The van der Waals surface area contributed by atoms with Crippen LogP contribution in [0.5, 0.6) is 0 Å². The molecule has 0 N–H and O–H groups in total. The maximum atomic E-state index is 2.24. The molecule has 0 saturated carbocycles. The second kappa shape index (κ2) is 21.9. The summed E-state index contributed by atoms with van der Waals surface area (Å²) in [7, 11) is 0. The van der Waals surface area contributed by atoms with Gasteiger partial charge in [0, 0.05) is 0 Å². The van der Waals surface area contributed by atoms with Crippen molar-refractivity contribution in [3.63, 3.8) is 0 Å². The van der Waals surface area contributed by atoms with Crippen LogP contribution in [0.1, 0.15) is 77.6 Å². The molecule has 0 heteroatoms. The molecule has 0 unspecified atom stereocenters. The molecule has 0 spiro atoms. The Balaban J connectivity index is 0.00000140. The largest absolute Gasteiger partial charge is 0.0683 e. The van der Waals surface area contributed by atoms with Crippen LogP contribution in [-0.2, 0) is 0 Å². The van der Waals surface area contributed by atoms with Gasteiger partial charge < -0.3 is 0 Å². The van der Waals surface area contributed by atoms with E-state index in [2.05, 4.69) is 133 Å². The van der Waals surface area contributed by atoms with E-state index in [1.807, 2.05) is 55.4 Å². The highest BCUT2D eigenvalue weighted by molar-refractivity contribution is 5.86. The van der Waals surface area contributed by atoms with Crippen molar-refractivity contribution >= 4 is 11.1 Å². The second-order valence-electron chi connectivity index (χ2n) is 6.62. The minimum Gasteiger partial charge on any atom is -0.0683 e. The lowest BCUT2D eigenvalue weighted by molar-refractivity contribution is 1.50. The summed E-state index contributed by atoms with van der Waals surface area (Å²) in [5.74, 6) is 0. The third-order valence-electron chi connectivity index (χ3n) is 4.76. The molecule has 4 rings (SSSR count). The van der Waals surface area contributed by atoms with E-state index >= 15 is 0 Å². The maximum absolute atomic E-state index is 2.24. The third kappa shape index (κ3) is 10.7. The average Bonchev–Trinajstić information content (AvgIpc) is 3.01. The van der Waals surface area contributed by atoms with Gasteiger partial charge >= 0.3 is 0 Å². The highest BCUT2D eigenvalue weighted by Gasteiger charge is 2.06. The van der Waals surface area contributed by atoms with Crippen molar-refractivity contribution in [1.29, 1.82) is 0 Å². The summed E-state index contributed by atoms with van der Waals surface area (Å²) in [5, 5.41) is 0. The van der Waals surface area contributed by atoms with Crippen LogP contribution in [-0.4, -0.2) is 0 Å². The van der Waals surface area contributed by atoms with Crippen molar-refractivity contribution in [3.8, 4) is 0 Å². The molecule has 0 amide bonds. The van der Waals surface area contributed by atoms with E-state index in [0.29, 0.717) is 0 Å². The molecule has 0 radical (unpaired) electrons. The van der Waals surface area contributed by atoms with Crippen molar-refractivity contribution in [2.45, 2.75) is 55.4 Å². The van der Waals surface area contributed by atoms with E-state index in [4.69, 9.17) is 0 Å². The molecule has 0 aliphatic heterocycles. The summed E-state index contributed by atoms with van der Waals surface area (Å²) in [6.45, 7) is 16.0. The van der Waals surface area contributed by atoms with E-state index in [1.165, 1.54) is 33.4 Å². The van der Waals surface area contributed by atoms with E-state index < -0.39 is 0 Å². The summed E-state index contributed by atoms with van der Waals surface area (Å²) in [4.78, 5) is 0. The molecule has 0 aliphatic rings. The van der Waals surface area contributed by atoms with Crippen LogP contribution in [0, 0.1) is 0 Å². The number of hydrogen-bond acceptors (Lipinski definition) is 0. The van der Waals surface area contributed by atoms with Crippen molar-refractivity contribution in [2.75, 3.05) is 0 Å². The lowest BCUT2D eigenvalue weighted by Gasteiger charge is -2.10. The first-order valence-corrected chi connectivity index (χ1v) is 13.6. The van der Waals surface area contributed by atoms with Gasteiger partial charge in [0.05, 0.1) is 0 Å². The molecule has 190 valence electrons. The zero-order chi connectivity index (χ0) is 27.0. The molecule has 0 nitrogen and oxygen atoms in total. The summed E-state index contributed by atoms with van der Waals surface area (Å²) in [5.41, 5.74) is 7.28. The zero-order valence-electron chi connectivity index (χ0n) is 23.7. The quantitative estimate of drug-likeness (QED) is 0.250. The number of rotatable bonds is 5. The first-order chi connectivity index (χ1) is 17.9. The first-order valence-electron chi connectivity index (χ1n) is 13.6. The predicted octanol–water partition coefficient (Wildman–Crippen LogP) is 11.4. The summed E-state index contributed by atoms with van der Waals surface area (Å²) in [6.07, 6.45) is 4.47. The summed E-state index contributed by atoms with van der Waals surface area (Å²) >= 11 is 0. The predicted molar refractivity (Wildman–Crippen MR) is 165 cm³/mol. The molecule has 0 fully saturated rings. The Morgan fingerprint density at radius 1 is 0.306 bits per heavy atom. The van der Waals surface area contributed by atoms with Gasteiger partial charge in [0.2, 0.25) is 0 Å². The standard InChI is InChI=1S/C28H22.4C2H6/c1-5-13-23(14-6-1)27(24-15-7-2-8-16-24)21-22-28(25-17-9-3-10-18-25)26-19-11-4-12-20-26;4*1-2/h1-22H;4*1-2H3. The van der Waals surface area contributed by atoms with Gasteiger partial charge in [-0.15, -0.1) is 0 Å². The van der Waals surface area contributed by atoms with Gasteiger partial charge in [-0.1, -0.05) is 189 Å². The Hall–Kier alpha value is -3.64. The fourth-order valence-corrected chi connectivity index (χ4v) is 3.36. The molecule has 0 saturated heterocycles. The van der Waals surface area contributed by atoms with Crippen LogP contribution in [0.25, 0.3) is 11.1 Å². The molecule has 0 aliphatic carbocycles. The Bertz CT molecular complexity index is 884. The lowest BCUT2D eigenvalue weighted by Crippen LogP contribution is -1.89. The van der Waals surface area contributed by atoms with Crippen LogP contribution in [0.2, 0.25) is 0 Å². The van der Waals surface area contributed by atoms with Crippen LogP contribution in [0.3, 0.4) is 0 Å². The van der Waals surface area contributed by atoms with Crippen LogP contribution in [0.4, 0.5) is 0 Å². The van der Waals surface area contributed by atoms with Crippen LogP contribution in [0.15, 0.2) is 133 Å². The molecular formula is C36H46. The molecule has 4 aromatic rings. The third-order valence-corrected chi connectivity index (χ3v) is 4.76. The average molecular weight is 479 g/mol. The number of hydrogen-bond donors (Lipinski definition) is 0. The fraction of sp³-hybridized carbons (Fsp3) is 0.222. The van der Waals surface area contributed by atoms with Crippen molar-refractivity contribution < 1.29 is 0 Å². The van der Waals surface area contributed by atoms with Gasteiger partial charge in [-0.05, 0) is 33.4 Å². The fourth-order valence-electron chi connectivity index (χ4n) is 3.36. The highest BCUT2D eigenvalue weighted by Crippen LogP contribution is 2.27.